The summed E-state index contributed by atoms with van der Waals surface area (Å²) in [4.78, 5) is 38.5. The minimum absolute atomic E-state index is 0.0222. The molecule has 12 heteroatoms. The maximum absolute atomic E-state index is 13.5. The first kappa shape index (κ1) is 31.6. The van der Waals surface area contributed by atoms with E-state index in [4.69, 9.17) is 21.4 Å². The summed E-state index contributed by atoms with van der Waals surface area (Å²) in [5.74, 6) is -0.653. The monoisotopic (exact) mass is 587 g/mol. The predicted octanol–water partition coefficient (Wildman–Crippen LogP) is 6.45. The number of halogens is 4. The number of ether oxygens (including phenoxy) is 1. The second kappa shape index (κ2) is 12.3. The van der Waals surface area contributed by atoms with Crippen LogP contribution >= 0.6 is 11.6 Å². The average Bonchev–Trinajstić information content (AvgIpc) is 3.24. The van der Waals surface area contributed by atoms with Gasteiger partial charge in [0.1, 0.15) is 5.76 Å². The fourth-order valence-corrected chi connectivity index (χ4v) is 5.42. The van der Waals surface area contributed by atoms with Gasteiger partial charge in [0.25, 0.3) is 5.91 Å². The zero-order valence-corrected chi connectivity index (χ0v) is 23.9. The van der Waals surface area contributed by atoms with Gasteiger partial charge in [-0.3, -0.25) is 9.59 Å². The number of rotatable bonds is 8. The molecule has 1 saturated carbocycles. The number of carboxylic acid groups (broad SMARTS) is 1. The van der Waals surface area contributed by atoms with E-state index in [1.54, 1.807) is 17.9 Å². The van der Waals surface area contributed by atoms with Crippen molar-refractivity contribution in [3.8, 4) is 0 Å². The van der Waals surface area contributed by atoms with Crippen molar-refractivity contribution in [1.29, 1.82) is 0 Å². The third kappa shape index (κ3) is 8.05. The maximum atomic E-state index is 13.5. The van der Waals surface area contributed by atoms with Crippen molar-refractivity contribution < 1.29 is 37.4 Å². The van der Waals surface area contributed by atoms with Gasteiger partial charge in [-0.15, -0.1) is 0 Å². The SMILES string of the molecule is CC1(C(=O)NCCC(=O)O)CC=C(CN(C(=O)Nc2ccc(Cl)c(C(F)(F)F)c2)C2CCC(C(C)(C)C)CC2)O1. The number of carbonyl (C=O) groups is 3. The summed E-state index contributed by atoms with van der Waals surface area (Å²) in [6.45, 7) is 8.10. The summed E-state index contributed by atoms with van der Waals surface area (Å²) >= 11 is 5.74. The van der Waals surface area contributed by atoms with Crippen LogP contribution < -0.4 is 10.6 Å². The number of aliphatic carboxylic acids is 1. The normalized spacial score (nSPS) is 23.1. The Morgan fingerprint density at radius 3 is 2.38 bits per heavy atom. The molecule has 1 heterocycles. The molecular weight excluding hydrogens is 551 g/mol. The minimum atomic E-state index is -4.68. The van der Waals surface area contributed by atoms with E-state index in [0.717, 1.165) is 25.0 Å². The van der Waals surface area contributed by atoms with Gasteiger partial charge in [0.15, 0.2) is 5.60 Å². The number of alkyl halides is 3. The van der Waals surface area contributed by atoms with Gasteiger partial charge in [-0.05, 0) is 68.2 Å². The van der Waals surface area contributed by atoms with Crippen LogP contribution in [0.25, 0.3) is 0 Å². The molecule has 0 aromatic heterocycles. The Morgan fingerprint density at radius 2 is 1.80 bits per heavy atom. The molecule has 1 aliphatic carbocycles. The second-order valence-corrected chi connectivity index (χ2v) is 12.1. The Hall–Kier alpha value is -2.95. The number of carboxylic acids is 1. The van der Waals surface area contributed by atoms with Crippen LogP contribution in [0.3, 0.4) is 0 Å². The largest absolute Gasteiger partial charge is 0.481 e. The molecule has 2 aliphatic rings. The van der Waals surface area contributed by atoms with Crippen molar-refractivity contribution in [1.82, 2.24) is 10.2 Å². The van der Waals surface area contributed by atoms with Crippen LogP contribution in [0.4, 0.5) is 23.7 Å². The maximum Gasteiger partial charge on any atom is 0.417 e. The average molecular weight is 588 g/mol. The molecule has 1 fully saturated rings. The summed E-state index contributed by atoms with van der Waals surface area (Å²) < 4.78 is 46.1. The molecule has 8 nitrogen and oxygen atoms in total. The van der Waals surface area contributed by atoms with Gasteiger partial charge < -0.3 is 25.4 Å². The highest BCUT2D eigenvalue weighted by Crippen LogP contribution is 2.40. The van der Waals surface area contributed by atoms with Crippen LogP contribution in [0.1, 0.15) is 71.8 Å². The Labute approximate surface area is 237 Å². The van der Waals surface area contributed by atoms with E-state index in [0.29, 0.717) is 24.5 Å². The number of anilines is 1. The van der Waals surface area contributed by atoms with E-state index in [9.17, 15) is 27.6 Å². The minimum Gasteiger partial charge on any atom is -0.481 e. The number of amides is 3. The number of nitrogens with zero attached hydrogens (tertiary/aromatic N) is 1. The van der Waals surface area contributed by atoms with Crippen molar-refractivity contribution >= 4 is 35.2 Å². The third-order valence-corrected chi connectivity index (χ3v) is 7.98. The van der Waals surface area contributed by atoms with Gasteiger partial charge in [0, 0.05) is 24.7 Å². The first-order valence-electron chi connectivity index (χ1n) is 13.3. The van der Waals surface area contributed by atoms with Crippen LogP contribution in [0.5, 0.6) is 0 Å². The molecule has 40 heavy (non-hydrogen) atoms. The van der Waals surface area contributed by atoms with E-state index in [-0.39, 0.29) is 43.1 Å². The Balaban J connectivity index is 1.76. The lowest BCUT2D eigenvalue weighted by Crippen LogP contribution is -2.48. The Morgan fingerprint density at radius 1 is 1.15 bits per heavy atom. The Kier molecular flexibility index (Phi) is 9.70. The molecule has 1 aliphatic heterocycles. The molecule has 1 unspecified atom stereocenters. The smallest absolute Gasteiger partial charge is 0.417 e. The highest BCUT2D eigenvalue weighted by atomic mass is 35.5. The quantitative estimate of drug-likeness (QED) is 0.324. The van der Waals surface area contributed by atoms with Crippen LogP contribution in [-0.2, 0) is 20.5 Å². The molecule has 0 bridgehead atoms. The van der Waals surface area contributed by atoms with Crippen molar-refractivity contribution in [2.45, 2.75) is 84.0 Å². The van der Waals surface area contributed by atoms with Crippen molar-refractivity contribution in [3.05, 3.63) is 40.6 Å². The fraction of sp³-hybridized carbons (Fsp3) is 0.607. The van der Waals surface area contributed by atoms with Crippen LogP contribution in [0.15, 0.2) is 30.0 Å². The number of hydrogen-bond acceptors (Lipinski definition) is 4. The van der Waals surface area contributed by atoms with Crippen molar-refractivity contribution in [3.63, 3.8) is 0 Å². The van der Waals surface area contributed by atoms with Gasteiger partial charge in [0.05, 0.1) is 23.6 Å². The number of hydrogen-bond donors (Lipinski definition) is 3. The van der Waals surface area contributed by atoms with Gasteiger partial charge in [-0.1, -0.05) is 32.4 Å². The summed E-state index contributed by atoms with van der Waals surface area (Å²) in [5, 5.41) is 13.5. The molecule has 3 rings (SSSR count). The lowest BCUT2D eigenvalue weighted by atomic mass is 9.71. The lowest BCUT2D eigenvalue weighted by molar-refractivity contribution is -0.140. The lowest BCUT2D eigenvalue weighted by Gasteiger charge is -2.41. The first-order valence-corrected chi connectivity index (χ1v) is 13.7. The molecule has 0 spiro atoms. The van der Waals surface area contributed by atoms with Gasteiger partial charge >= 0.3 is 18.2 Å². The summed E-state index contributed by atoms with van der Waals surface area (Å²) in [6, 6.07) is 2.44. The van der Waals surface area contributed by atoms with E-state index >= 15 is 0 Å². The van der Waals surface area contributed by atoms with Crippen molar-refractivity contribution in [2.75, 3.05) is 18.4 Å². The van der Waals surface area contributed by atoms with E-state index < -0.39 is 40.3 Å². The molecule has 222 valence electrons. The summed E-state index contributed by atoms with van der Waals surface area (Å²) in [6.07, 6.45) is 0.228. The standard InChI is InChI=1S/C28H37ClF3N3O5/c1-26(2,3)17-5-8-19(9-6-17)35(25(39)34-18-7-10-22(29)21(15-18)28(30,31)32)16-20-11-13-27(4,40-20)24(38)33-14-12-23(36)37/h7,10-11,15,17,19H,5-6,8-9,12-14,16H2,1-4H3,(H,33,38)(H,34,39)(H,36,37). The summed E-state index contributed by atoms with van der Waals surface area (Å²) in [7, 11) is 0. The highest BCUT2D eigenvalue weighted by molar-refractivity contribution is 6.31. The van der Waals surface area contributed by atoms with Crippen molar-refractivity contribution in [2.24, 2.45) is 11.3 Å². The number of carbonyl (C=O) groups excluding carboxylic acids is 2. The molecule has 1 atom stereocenters. The van der Waals surface area contributed by atoms with E-state index in [1.807, 2.05) is 0 Å². The Bertz CT molecular complexity index is 1140. The number of benzene rings is 1. The fourth-order valence-electron chi connectivity index (χ4n) is 5.19. The number of urea groups is 1. The van der Waals surface area contributed by atoms with Crippen LogP contribution in [-0.4, -0.2) is 52.6 Å². The van der Waals surface area contributed by atoms with Gasteiger partial charge in [-0.25, -0.2) is 4.79 Å². The number of nitrogens with one attached hydrogen (secondary N) is 2. The molecule has 1 aromatic rings. The second-order valence-electron chi connectivity index (χ2n) is 11.7. The molecule has 3 amide bonds. The van der Waals surface area contributed by atoms with Gasteiger partial charge in [0.2, 0.25) is 0 Å². The van der Waals surface area contributed by atoms with Crippen LogP contribution in [0, 0.1) is 11.3 Å². The predicted molar refractivity (Wildman–Crippen MR) is 145 cm³/mol. The third-order valence-electron chi connectivity index (χ3n) is 7.65. The van der Waals surface area contributed by atoms with Gasteiger partial charge in [-0.2, -0.15) is 13.2 Å². The molecule has 0 saturated heterocycles. The molecule has 1 aromatic carbocycles. The zero-order valence-electron chi connectivity index (χ0n) is 23.2. The van der Waals surface area contributed by atoms with Crippen LogP contribution in [0.2, 0.25) is 5.02 Å². The topological polar surface area (TPSA) is 108 Å². The van der Waals surface area contributed by atoms with E-state index in [2.05, 4.69) is 31.4 Å². The first-order chi connectivity index (χ1) is 18.5. The molecular formula is C28H37ClF3N3O5. The van der Waals surface area contributed by atoms with E-state index in [1.165, 1.54) is 6.07 Å². The highest BCUT2D eigenvalue weighted by Gasteiger charge is 2.41. The zero-order chi connectivity index (χ0) is 29.9. The summed E-state index contributed by atoms with van der Waals surface area (Å²) in [5.41, 5.74) is -2.24. The molecule has 3 N–H and O–H groups in total. The molecule has 0 radical (unpaired) electrons.